The van der Waals surface area contributed by atoms with Crippen LogP contribution in [0.25, 0.3) is 0 Å². The van der Waals surface area contributed by atoms with Crippen molar-refractivity contribution in [2.75, 3.05) is 5.32 Å². The summed E-state index contributed by atoms with van der Waals surface area (Å²) < 4.78 is 14.6. The Morgan fingerprint density at radius 2 is 2.10 bits per heavy atom. The van der Waals surface area contributed by atoms with Crippen molar-refractivity contribution in [1.29, 1.82) is 0 Å². The number of thiophene rings is 1. The van der Waals surface area contributed by atoms with Crippen LogP contribution in [0.1, 0.15) is 15.2 Å². The summed E-state index contributed by atoms with van der Waals surface area (Å²) in [4.78, 5) is 23.3. The van der Waals surface area contributed by atoms with Crippen molar-refractivity contribution in [3.8, 4) is 0 Å². The van der Waals surface area contributed by atoms with Crippen LogP contribution in [0.15, 0.2) is 34.1 Å². The summed E-state index contributed by atoms with van der Waals surface area (Å²) >= 11 is 4.78. The van der Waals surface area contributed by atoms with E-state index in [1.54, 1.807) is 0 Å². The molecular weight excluding hydrogens is 363 g/mol. The van der Waals surface area contributed by atoms with Gasteiger partial charge in [-0.2, -0.15) is 0 Å². The summed E-state index contributed by atoms with van der Waals surface area (Å²) in [7, 11) is 0. The second-order valence-electron chi connectivity index (χ2n) is 4.04. The quantitative estimate of drug-likeness (QED) is 0.765. The molecular formula is C13H10BrFN2O3S. The van der Waals surface area contributed by atoms with Crippen LogP contribution in [0.4, 0.5) is 14.9 Å². The van der Waals surface area contributed by atoms with Crippen LogP contribution in [0, 0.1) is 5.82 Å². The van der Waals surface area contributed by atoms with E-state index >= 15 is 0 Å². The number of carbonyl (C=O) groups excluding carboxylic acids is 1. The van der Waals surface area contributed by atoms with Gasteiger partial charge in [0.15, 0.2) is 0 Å². The fraction of sp³-hybridized carbons (Fsp3) is 0.0769. The third kappa shape index (κ3) is 4.27. The van der Waals surface area contributed by atoms with Gasteiger partial charge in [-0.1, -0.05) is 0 Å². The minimum Gasteiger partial charge on any atom is -0.478 e. The average molecular weight is 373 g/mol. The van der Waals surface area contributed by atoms with E-state index in [0.29, 0.717) is 6.54 Å². The number of benzene rings is 1. The summed E-state index contributed by atoms with van der Waals surface area (Å²) in [5.41, 5.74) is -0.258. The van der Waals surface area contributed by atoms with Gasteiger partial charge in [0.25, 0.3) is 0 Å². The number of halogens is 2. The number of carbonyl (C=O) groups is 2. The van der Waals surface area contributed by atoms with Crippen molar-refractivity contribution >= 4 is 45.0 Å². The average Bonchev–Trinajstić information content (AvgIpc) is 2.84. The summed E-state index contributed by atoms with van der Waals surface area (Å²) in [5, 5.41) is 15.5. The monoisotopic (exact) mass is 372 g/mol. The number of hydrogen-bond acceptors (Lipinski definition) is 3. The zero-order valence-electron chi connectivity index (χ0n) is 10.5. The van der Waals surface area contributed by atoms with Gasteiger partial charge >= 0.3 is 12.0 Å². The normalized spacial score (nSPS) is 10.2. The Bertz CT molecular complexity index is 690. The van der Waals surface area contributed by atoms with Gasteiger partial charge in [-0.25, -0.2) is 14.0 Å². The first-order chi connectivity index (χ1) is 9.95. The molecule has 8 heteroatoms. The van der Waals surface area contributed by atoms with Gasteiger partial charge in [-0.3, -0.25) is 0 Å². The maximum Gasteiger partial charge on any atom is 0.335 e. The number of anilines is 1. The molecule has 3 N–H and O–H groups in total. The molecule has 21 heavy (non-hydrogen) atoms. The molecule has 0 bridgehead atoms. The third-order valence-electron chi connectivity index (χ3n) is 2.51. The number of aromatic carboxylic acids is 1. The standard InChI is InChI=1S/C13H10BrFN2O3S/c14-8-4-9(21-6-8)5-16-13(20)17-11-2-1-7(12(18)19)3-10(11)15/h1-4,6H,5H2,(H,18,19)(H2,16,17,20). The molecule has 1 aromatic carbocycles. The van der Waals surface area contributed by atoms with Crippen molar-refractivity contribution in [3.63, 3.8) is 0 Å². The van der Waals surface area contributed by atoms with E-state index < -0.39 is 17.8 Å². The van der Waals surface area contributed by atoms with Crippen molar-refractivity contribution < 1.29 is 19.1 Å². The van der Waals surface area contributed by atoms with E-state index in [2.05, 4.69) is 26.6 Å². The molecule has 1 heterocycles. The SMILES string of the molecule is O=C(NCc1cc(Br)cs1)Nc1ccc(C(=O)O)cc1F. The van der Waals surface area contributed by atoms with Crippen LogP contribution in [-0.2, 0) is 6.54 Å². The Hall–Kier alpha value is -1.93. The highest BCUT2D eigenvalue weighted by atomic mass is 79.9. The van der Waals surface area contributed by atoms with E-state index in [1.807, 2.05) is 11.4 Å². The second-order valence-corrected chi connectivity index (χ2v) is 5.95. The van der Waals surface area contributed by atoms with E-state index in [9.17, 15) is 14.0 Å². The van der Waals surface area contributed by atoms with Gasteiger partial charge in [0.1, 0.15) is 5.82 Å². The molecule has 0 unspecified atom stereocenters. The first-order valence-corrected chi connectivity index (χ1v) is 7.43. The van der Waals surface area contributed by atoms with Gasteiger partial charge < -0.3 is 15.7 Å². The van der Waals surface area contributed by atoms with Crippen molar-refractivity contribution in [3.05, 3.63) is 50.4 Å². The lowest BCUT2D eigenvalue weighted by Crippen LogP contribution is -2.28. The minimum absolute atomic E-state index is 0.0788. The number of carboxylic acids is 1. The first kappa shape index (κ1) is 15.5. The number of urea groups is 1. The van der Waals surface area contributed by atoms with Crippen LogP contribution >= 0.6 is 27.3 Å². The van der Waals surface area contributed by atoms with E-state index in [0.717, 1.165) is 15.4 Å². The van der Waals surface area contributed by atoms with Crippen LogP contribution in [0.2, 0.25) is 0 Å². The highest BCUT2D eigenvalue weighted by Gasteiger charge is 2.10. The Kier molecular flexibility index (Phi) is 4.92. The number of nitrogens with one attached hydrogen (secondary N) is 2. The number of hydrogen-bond donors (Lipinski definition) is 3. The summed E-state index contributed by atoms with van der Waals surface area (Å²) in [6.07, 6.45) is 0. The molecule has 0 fully saturated rings. The lowest BCUT2D eigenvalue weighted by Gasteiger charge is -2.08. The number of carboxylic acid groups (broad SMARTS) is 1. The van der Waals surface area contributed by atoms with Gasteiger partial charge in [-0.05, 0) is 40.2 Å². The van der Waals surface area contributed by atoms with E-state index in [4.69, 9.17) is 5.11 Å². The summed E-state index contributed by atoms with van der Waals surface area (Å²) in [6, 6.07) is 4.58. The Morgan fingerprint density at radius 3 is 2.67 bits per heavy atom. The lowest BCUT2D eigenvalue weighted by atomic mass is 10.2. The molecule has 0 saturated carbocycles. The van der Waals surface area contributed by atoms with Gasteiger partial charge in [0.2, 0.25) is 0 Å². The third-order valence-corrected chi connectivity index (χ3v) is 4.21. The zero-order chi connectivity index (χ0) is 15.4. The highest BCUT2D eigenvalue weighted by molar-refractivity contribution is 9.10. The van der Waals surface area contributed by atoms with E-state index in [-0.39, 0.29) is 11.3 Å². The maximum absolute atomic E-state index is 13.6. The molecule has 0 aliphatic rings. The van der Waals surface area contributed by atoms with E-state index in [1.165, 1.54) is 23.5 Å². The van der Waals surface area contributed by atoms with Gasteiger partial charge in [0, 0.05) is 14.7 Å². The summed E-state index contributed by atoms with van der Waals surface area (Å²) in [6.45, 7) is 0.316. The van der Waals surface area contributed by atoms with Gasteiger partial charge in [-0.15, -0.1) is 11.3 Å². The molecule has 0 aliphatic carbocycles. The van der Waals surface area contributed by atoms with Crippen LogP contribution in [0.3, 0.4) is 0 Å². The second kappa shape index (κ2) is 6.68. The Morgan fingerprint density at radius 1 is 1.33 bits per heavy atom. The fourth-order valence-electron chi connectivity index (χ4n) is 1.53. The zero-order valence-corrected chi connectivity index (χ0v) is 12.9. The van der Waals surface area contributed by atoms with Crippen molar-refractivity contribution in [2.24, 2.45) is 0 Å². The van der Waals surface area contributed by atoms with Crippen molar-refractivity contribution in [2.45, 2.75) is 6.54 Å². The topological polar surface area (TPSA) is 78.4 Å². The molecule has 2 rings (SSSR count). The smallest absolute Gasteiger partial charge is 0.335 e. The lowest BCUT2D eigenvalue weighted by molar-refractivity contribution is 0.0696. The van der Waals surface area contributed by atoms with Crippen molar-refractivity contribution in [1.82, 2.24) is 5.32 Å². The maximum atomic E-state index is 13.6. The molecule has 2 amide bonds. The Balaban J connectivity index is 1.94. The highest BCUT2D eigenvalue weighted by Crippen LogP contribution is 2.19. The molecule has 2 aromatic rings. The molecule has 0 radical (unpaired) electrons. The molecule has 1 aromatic heterocycles. The molecule has 0 spiro atoms. The predicted octanol–water partition coefficient (Wildman–Crippen LogP) is 3.67. The molecule has 0 atom stereocenters. The van der Waals surface area contributed by atoms with Crippen LogP contribution < -0.4 is 10.6 Å². The first-order valence-electron chi connectivity index (χ1n) is 5.76. The largest absolute Gasteiger partial charge is 0.478 e. The van der Waals surface area contributed by atoms with Crippen LogP contribution in [-0.4, -0.2) is 17.1 Å². The molecule has 0 aliphatic heterocycles. The number of rotatable bonds is 4. The molecule has 110 valence electrons. The minimum atomic E-state index is -1.23. The van der Waals surface area contributed by atoms with Gasteiger partial charge in [0.05, 0.1) is 17.8 Å². The van der Waals surface area contributed by atoms with Crippen LogP contribution in [0.5, 0.6) is 0 Å². The number of amides is 2. The fourth-order valence-corrected chi connectivity index (χ4v) is 2.92. The Labute approximate surface area is 131 Å². The predicted molar refractivity (Wildman–Crippen MR) is 81.2 cm³/mol. The molecule has 0 saturated heterocycles. The summed E-state index contributed by atoms with van der Waals surface area (Å²) in [5.74, 6) is -2.03. The molecule has 5 nitrogen and oxygen atoms in total.